The van der Waals surface area contributed by atoms with Crippen LogP contribution in [0.3, 0.4) is 0 Å². The molecule has 0 saturated carbocycles. The van der Waals surface area contributed by atoms with Gasteiger partial charge in [-0.15, -0.1) is 0 Å². The van der Waals surface area contributed by atoms with Crippen molar-refractivity contribution in [1.29, 1.82) is 0 Å². The highest BCUT2D eigenvalue weighted by Crippen LogP contribution is 2.56. The molecule has 2 aliphatic rings. The van der Waals surface area contributed by atoms with Crippen LogP contribution in [0.4, 0.5) is 0 Å². The van der Waals surface area contributed by atoms with Gasteiger partial charge in [0.15, 0.2) is 5.60 Å². The molecule has 10 heteroatoms. The lowest BCUT2D eigenvalue weighted by Gasteiger charge is -2.36. The summed E-state index contributed by atoms with van der Waals surface area (Å²) in [4.78, 5) is 12.5. The first-order chi connectivity index (χ1) is 15.2. The van der Waals surface area contributed by atoms with E-state index in [0.29, 0.717) is 33.8 Å². The summed E-state index contributed by atoms with van der Waals surface area (Å²) in [5, 5.41) is 19.7. The number of phenolic OH excluding ortho intramolecular Hbond substituents is 2. The summed E-state index contributed by atoms with van der Waals surface area (Å²) in [7, 11) is -3.75. The van der Waals surface area contributed by atoms with E-state index in [4.69, 9.17) is 14.0 Å². The number of esters is 1. The number of hydrogen-bond acceptors (Lipinski definition) is 8. The van der Waals surface area contributed by atoms with Gasteiger partial charge >= 0.3 is 5.97 Å². The molecule has 0 atom stereocenters. The van der Waals surface area contributed by atoms with Crippen molar-refractivity contribution in [2.24, 2.45) is 0 Å². The Labute approximate surface area is 189 Å². The van der Waals surface area contributed by atoms with E-state index in [1.54, 1.807) is 24.3 Å². The SMILES string of the molecule is O=C1OC2(c3ccc(O)cc3Oc3cc(O)ccc32)c2ccccc21.O=S(=O)(O)CCS. The predicted molar refractivity (Wildman–Crippen MR) is 118 cm³/mol. The maximum atomic E-state index is 12.5. The molecule has 3 N–H and O–H groups in total. The third-order valence-corrected chi connectivity index (χ3v) is 6.28. The van der Waals surface area contributed by atoms with Crippen LogP contribution in [0.5, 0.6) is 23.0 Å². The van der Waals surface area contributed by atoms with E-state index in [1.807, 2.05) is 12.1 Å². The van der Waals surface area contributed by atoms with Crippen molar-refractivity contribution in [3.63, 3.8) is 0 Å². The van der Waals surface area contributed by atoms with Gasteiger partial charge in [-0.05, 0) is 30.3 Å². The molecule has 32 heavy (non-hydrogen) atoms. The fraction of sp³-hybridized carbons (Fsp3) is 0.136. The molecule has 0 saturated heterocycles. The van der Waals surface area contributed by atoms with E-state index in [1.165, 1.54) is 24.3 Å². The summed E-state index contributed by atoms with van der Waals surface area (Å²) >= 11 is 3.57. The van der Waals surface area contributed by atoms with Crippen molar-refractivity contribution in [3.8, 4) is 23.0 Å². The van der Waals surface area contributed by atoms with Gasteiger partial charge in [0.05, 0.1) is 11.3 Å². The van der Waals surface area contributed by atoms with Crippen LogP contribution in [0.1, 0.15) is 27.0 Å². The number of carbonyl (C=O) groups is 1. The molecule has 0 fully saturated rings. The van der Waals surface area contributed by atoms with Crippen molar-refractivity contribution in [3.05, 3.63) is 82.9 Å². The molecule has 1 spiro atoms. The average molecular weight is 475 g/mol. The molecule has 3 aromatic rings. The zero-order chi connectivity index (χ0) is 23.1. The summed E-state index contributed by atoms with van der Waals surface area (Å²) in [6, 6.07) is 16.6. The summed E-state index contributed by atoms with van der Waals surface area (Å²) in [5.41, 5.74) is 1.28. The summed E-state index contributed by atoms with van der Waals surface area (Å²) in [5.74, 6) is 0.306. The number of rotatable bonds is 2. The van der Waals surface area contributed by atoms with E-state index in [2.05, 4.69) is 12.6 Å². The lowest BCUT2D eigenvalue weighted by molar-refractivity contribution is 0.0224. The number of thiol groups is 1. The Hall–Kier alpha value is -3.21. The zero-order valence-corrected chi connectivity index (χ0v) is 18.1. The molecule has 8 nitrogen and oxygen atoms in total. The second-order valence-electron chi connectivity index (χ2n) is 7.09. The number of hydrogen-bond donors (Lipinski definition) is 4. The molecule has 2 aliphatic heterocycles. The van der Waals surface area contributed by atoms with Crippen molar-refractivity contribution >= 4 is 28.7 Å². The van der Waals surface area contributed by atoms with E-state index < -0.39 is 21.7 Å². The Morgan fingerprint density at radius 1 is 0.875 bits per heavy atom. The topological polar surface area (TPSA) is 130 Å². The number of ether oxygens (including phenoxy) is 2. The van der Waals surface area contributed by atoms with Gasteiger partial charge in [-0.1, -0.05) is 18.2 Å². The number of benzene rings is 3. The predicted octanol–water partition coefficient (Wildman–Crippen LogP) is 3.47. The van der Waals surface area contributed by atoms with E-state index in [-0.39, 0.29) is 23.0 Å². The quantitative estimate of drug-likeness (QED) is 0.252. The van der Waals surface area contributed by atoms with Crippen molar-refractivity contribution in [2.45, 2.75) is 5.60 Å². The number of fused-ring (bicyclic) bond motifs is 6. The largest absolute Gasteiger partial charge is 0.508 e. The molecule has 2 heterocycles. The van der Waals surface area contributed by atoms with E-state index >= 15 is 0 Å². The standard InChI is InChI=1S/C20H12O5.C2H6O3S2/c21-11-5-7-15-17(9-11)24-18-10-12(22)6-8-16(18)20(15)14-4-2-1-3-13(14)19(23)25-20;3-7(4,5)2-1-6/h1-10,21-22H;6H,1-2H2,(H,3,4,5). The van der Waals surface area contributed by atoms with Gasteiger partial charge in [0, 0.05) is 34.6 Å². The highest BCUT2D eigenvalue weighted by atomic mass is 32.2. The first-order valence-electron chi connectivity index (χ1n) is 9.39. The van der Waals surface area contributed by atoms with Gasteiger partial charge in [0.1, 0.15) is 23.0 Å². The van der Waals surface area contributed by atoms with Crippen molar-refractivity contribution in [1.82, 2.24) is 0 Å². The molecule has 0 amide bonds. The van der Waals surface area contributed by atoms with E-state index in [0.717, 1.165) is 0 Å². The summed E-state index contributed by atoms with van der Waals surface area (Å²) in [6.45, 7) is 0. The maximum absolute atomic E-state index is 12.5. The zero-order valence-electron chi connectivity index (χ0n) is 16.4. The highest BCUT2D eigenvalue weighted by molar-refractivity contribution is 7.87. The Kier molecular flexibility index (Phi) is 5.53. The van der Waals surface area contributed by atoms with Crippen LogP contribution in [-0.2, 0) is 20.5 Å². The van der Waals surface area contributed by atoms with Gasteiger partial charge in [0.25, 0.3) is 10.1 Å². The van der Waals surface area contributed by atoms with Gasteiger partial charge in [-0.2, -0.15) is 21.0 Å². The average Bonchev–Trinajstić information content (AvgIpc) is 3.01. The number of phenols is 2. The minimum absolute atomic E-state index is 0.0371. The Morgan fingerprint density at radius 3 is 1.94 bits per heavy atom. The normalized spacial score (nSPS) is 14.9. The molecular weight excluding hydrogens is 456 g/mol. The van der Waals surface area contributed by atoms with Crippen LogP contribution in [0.2, 0.25) is 0 Å². The Bertz CT molecular complexity index is 1270. The molecule has 5 rings (SSSR count). The highest BCUT2D eigenvalue weighted by Gasteiger charge is 2.53. The van der Waals surface area contributed by atoms with Crippen LogP contribution in [0.15, 0.2) is 60.7 Å². The van der Waals surface area contributed by atoms with Crippen LogP contribution >= 0.6 is 12.6 Å². The van der Waals surface area contributed by atoms with Crippen molar-refractivity contribution in [2.75, 3.05) is 11.5 Å². The van der Waals surface area contributed by atoms with Gasteiger partial charge in [0.2, 0.25) is 0 Å². The van der Waals surface area contributed by atoms with E-state index in [9.17, 15) is 23.4 Å². The second-order valence-corrected chi connectivity index (χ2v) is 9.11. The lowest BCUT2D eigenvalue weighted by Crippen LogP contribution is -2.32. The minimum atomic E-state index is -3.75. The molecule has 0 unspecified atom stereocenters. The van der Waals surface area contributed by atoms with Crippen LogP contribution in [0.25, 0.3) is 0 Å². The number of aromatic hydroxyl groups is 2. The van der Waals surface area contributed by atoms with Crippen LogP contribution < -0.4 is 4.74 Å². The third-order valence-electron chi connectivity index (χ3n) is 5.03. The molecule has 0 aliphatic carbocycles. The lowest BCUT2D eigenvalue weighted by atomic mass is 9.77. The van der Waals surface area contributed by atoms with Crippen LogP contribution in [0, 0.1) is 0 Å². The van der Waals surface area contributed by atoms with Gasteiger partial charge in [-0.25, -0.2) is 4.79 Å². The van der Waals surface area contributed by atoms with Crippen molar-refractivity contribution < 1.29 is 37.5 Å². The number of carbonyl (C=O) groups excluding carboxylic acids is 1. The minimum Gasteiger partial charge on any atom is -0.508 e. The molecule has 0 radical (unpaired) electrons. The smallest absolute Gasteiger partial charge is 0.340 e. The molecule has 3 aromatic carbocycles. The first kappa shape index (κ1) is 22.0. The first-order valence-corrected chi connectivity index (χ1v) is 11.6. The Balaban J connectivity index is 0.000000307. The third kappa shape index (κ3) is 3.77. The molecular formula is C22H18O8S2. The molecule has 166 valence electrons. The summed E-state index contributed by atoms with van der Waals surface area (Å²) in [6.07, 6.45) is 0. The monoisotopic (exact) mass is 474 g/mol. The van der Waals surface area contributed by atoms with Crippen LogP contribution in [-0.4, -0.2) is 40.7 Å². The second kappa shape index (κ2) is 8.05. The van der Waals surface area contributed by atoms with Gasteiger partial charge in [-0.3, -0.25) is 4.55 Å². The fourth-order valence-corrected chi connectivity index (χ4v) is 4.69. The fourth-order valence-electron chi connectivity index (χ4n) is 3.77. The maximum Gasteiger partial charge on any atom is 0.340 e. The molecule has 0 aromatic heterocycles. The Morgan fingerprint density at radius 2 is 1.44 bits per heavy atom. The van der Waals surface area contributed by atoms with Gasteiger partial charge < -0.3 is 19.7 Å². The summed E-state index contributed by atoms with van der Waals surface area (Å²) < 4.78 is 39.2. The molecule has 0 bridgehead atoms.